The molecule has 0 saturated heterocycles. The number of aromatic nitrogens is 1. The summed E-state index contributed by atoms with van der Waals surface area (Å²) in [4.78, 5) is 22.7. The zero-order valence-electron chi connectivity index (χ0n) is 14.1. The van der Waals surface area contributed by atoms with E-state index in [9.17, 15) is 9.59 Å². The molecule has 23 heavy (non-hydrogen) atoms. The number of amides is 1. The number of nitrogens with one attached hydrogen (secondary N) is 1. The van der Waals surface area contributed by atoms with Crippen LogP contribution in [0, 0.1) is 0 Å². The average molecular weight is 316 g/mol. The Morgan fingerprint density at radius 1 is 1.35 bits per heavy atom. The van der Waals surface area contributed by atoms with E-state index in [0.717, 1.165) is 16.5 Å². The van der Waals surface area contributed by atoms with E-state index < -0.39 is 5.60 Å². The van der Waals surface area contributed by atoms with Gasteiger partial charge in [-0.1, -0.05) is 18.2 Å². The maximum absolute atomic E-state index is 12.1. The first-order chi connectivity index (χ1) is 10.8. The third kappa shape index (κ3) is 4.58. The molecule has 0 radical (unpaired) electrons. The number of ether oxygens (including phenoxy) is 1. The molecule has 0 fully saturated rings. The van der Waals surface area contributed by atoms with Crippen LogP contribution in [0.1, 0.15) is 33.3 Å². The van der Waals surface area contributed by atoms with Crippen molar-refractivity contribution in [3.63, 3.8) is 0 Å². The summed E-state index contributed by atoms with van der Waals surface area (Å²) in [5.41, 5.74) is 1.60. The number of carbonyl (C=O) groups excluding carboxylic acids is 2. The van der Waals surface area contributed by atoms with Gasteiger partial charge in [0.1, 0.15) is 12.1 Å². The second-order valence-corrected chi connectivity index (χ2v) is 6.78. The number of nitrogens with zero attached hydrogens (tertiary/aromatic N) is 1. The van der Waals surface area contributed by atoms with E-state index in [1.807, 2.05) is 62.7 Å². The molecule has 0 aliphatic heterocycles. The number of para-hydroxylation sites is 1. The van der Waals surface area contributed by atoms with Crippen molar-refractivity contribution in [3.8, 4) is 0 Å². The minimum atomic E-state index is -0.495. The van der Waals surface area contributed by atoms with Crippen LogP contribution in [0.4, 0.5) is 0 Å². The third-order valence-corrected chi connectivity index (χ3v) is 3.47. The predicted molar refractivity (Wildman–Crippen MR) is 90.1 cm³/mol. The highest BCUT2D eigenvalue weighted by Gasteiger charge is 2.18. The first-order valence-electron chi connectivity index (χ1n) is 7.78. The fourth-order valence-corrected chi connectivity index (χ4v) is 2.63. The Kier molecular flexibility index (Phi) is 5.08. The summed E-state index contributed by atoms with van der Waals surface area (Å²) in [5.74, 6) is -0.260. The first kappa shape index (κ1) is 17.1. The second-order valence-electron chi connectivity index (χ2n) is 6.78. The van der Waals surface area contributed by atoms with Gasteiger partial charge >= 0.3 is 5.97 Å². The smallest absolute Gasteiger partial charge is 0.326 e. The van der Waals surface area contributed by atoms with Gasteiger partial charge in [0.25, 0.3) is 0 Å². The largest absolute Gasteiger partial charge is 0.459 e. The van der Waals surface area contributed by atoms with Crippen LogP contribution in [0.3, 0.4) is 0 Å². The van der Waals surface area contributed by atoms with Gasteiger partial charge in [0.15, 0.2) is 0 Å². The number of hydrogen-bond donors (Lipinski definition) is 1. The Morgan fingerprint density at radius 2 is 2.04 bits per heavy atom. The quantitative estimate of drug-likeness (QED) is 0.658. The van der Waals surface area contributed by atoms with Crippen LogP contribution in [0.5, 0.6) is 0 Å². The SMILES string of the molecule is C[C@H](Cc1cn(CC(=O)OC(C)(C)C)c2ccccc12)NC=O. The van der Waals surface area contributed by atoms with Gasteiger partial charge in [-0.15, -0.1) is 0 Å². The molecule has 2 aromatic rings. The Labute approximate surface area is 136 Å². The first-order valence-corrected chi connectivity index (χ1v) is 7.78. The molecule has 0 spiro atoms. The van der Waals surface area contributed by atoms with Gasteiger partial charge in [-0.3, -0.25) is 9.59 Å². The third-order valence-electron chi connectivity index (χ3n) is 3.47. The zero-order valence-corrected chi connectivity index (χ0v) is 14.1. The molecule has 1 atom stereocenters. The molecule has 0 unspecified atom stereocenters. The topological polar surface area (TPSA) is 60.3 Å². The van der Waals surface area contributed by atoms with E-state index in [4.69, 9.17) is 4.74 Å². The lowest BCUT2D eigenvalue weighted by Gasteiger charge is -2.19. The summed E-state index contributed by atoms with van der Waals surface area (Å²) >= 11 is 0. The minimum Gasteiger partial charge on any atom is -0.459 e. The molecule has 1 aromatic carbocycles. The van der Waals surface area contributed by atoms with E-state index in [0.29, 0.717) is 12.8 Å². The van der Waals surface area contributed by atoms with Crippen molar-refractivity contribution in [1.82, 2.24) is 9.88 Å². The Morgan fingerprint density at radius 3 is 2.70 bits per heavy atom. The van der Waals surface area contributed by atoms with Gasteiger partial charge in [-0.2, -0.15) is 0 Å². The molecular formula is C18H24N2O3. The van der Waals surface area contributed by atoms with Crippen LogP contribution >= 0.6 is 0 Å². The van der Waals surface area contributed by atoms with Crippen LogP contribution in [0.2, 0.25) is 0 Å². The number of benzene rings is 1. The molecule has 5 heteroatoms. The number of hydrogen-bond acceptors (Lipinski definition) is 3. The van der Waals surface area contributed by atoms with E-state index in [1.165, 1.54) is 0 Å². The fourth-order valence-electron chi connectivity index (χ4n) is 2.63. The molecule has 1 aromatic heterocycles. The van der Waals surface area contributed by atoms with Crippen LogP contribution in [-0.4, -0.2) is 28.6 Å². The Hall–Kier alpha value is -2.30. The van der Waals surface area contributed by atoms with Crippen molar-refractivity contribution < 1.29 is 14.3 Å². The van der Waals surface area contributed by atoms with Crippen molar-refractivity contribution in [2.75, 3.05) is 0 Å². The van der Waals surface area contributed by atoms with Gasteiger partial charge < -0.3 is 14.6 Å². The maximum Gasteiger partial charge on any atom is 0.326 e. The van der Waals surface area contributed by atoms with E-state index in [-0.39, 0.29) is 18.6 Å². The van der Waals surface area contributed by atoms with Gasteiger partial charge in [-0.25, -0.2) is 0 Å². The number of rotatable bonds is 6. The van der Waals surface area contributed by atoms with Crippen LogP contribution < -0.4 is 5.32 Å². The molecule has 124 valence electrons. The van der Waals surface area contributed by atoms with Crippen molar-refractivity contribution in [3.05, 3.63) is 36.0 Å². The monoisotopic (exact) mass is 316 g/mol. The minimum absolute atomic E-state index is 0.0354. The molecule has 2 rings (SSSR count). The highest BCUT2D eigenvalue weighted by molar-refractivity contribution is 5.85. The Balaban J connectivity index is 2.26. The molecule has 0 saturated carbocycles. The van der Waals surface area contributed by atoms with Gasteiger partial charge in [0.2, 0.25) is 6.41 Å². The van der Waals surface area contributed by atoms with Gasteiger partial charge in [0.05, 0.1) is 0 Å². The lowest BCUT2D eigenvalue weighted by atomic mass is 10.1. The lowest BCUT2D eigenvalue weighted by molar-refractivity contribution is -0.155. The maximum atomic E-state index is 12.1. The molecule has 0 aliphatic rings. The zero-order chi connectivity index (χ0) is 17.0. The summed E-state index contributed by atoms with van der Waals surface area (Å²) in [7, 11) is 0. The average Bonchev–Trinajstić information content (AvgIpc) is 2.75. The summed E-state index contributed by atoms with van der Waals surface area (Å²) < 4.78 is 7.31. The summed E-state index contributed by atoms with van der Waals surface area (Å²) in [6.45, 7) is 7.70. The molecule has 1 N–H and O–H groups in total. The van der Waals surface area contributed by atoms with E-state index >= 15 is 0 Å². The number of carbonyl (C=O) groups is 2. The Bertz CT molecular complexity index is 698. The summed E-state index contributed by atoms with van der Waals surface area (Å²) in [5, 5.41) is 3.85. The molecular weight excluding hydrogens is 292 g/mol. The van der Waals surface area contributed by atoms with Crippen molar-refractivity contribution >= 4 is 23.3 Å². The van der Waals surface area contributed by atoms with Crippen LogP contribution in [0.25, 0.3) is 10.9 Å². The van der Waals surface area contributed by atoms with Crippen LogP contribution in [-0.2, 0) is 27.3 Å². The van der Waals surface area contributed by atoms with Crippen molar-refractivity contribution in [2.24, 2.45) is 0 Å². The van der Waals surface area contributed by atoms with Gasteiger partial charge in [-0.05, 0) is 45.7 Å². The molecule has 0 aliphatic carbocycles. The number of esters is 1. The van der Waals surface area contributed by atoms with E-state index in [2.05, 4.69) is 5.32 Å². The highest BCUT2D eigenvalue weighted by atomic mass is 16.6. The fraction of sp³-hybridized carbons (Fsp3) is 0.444. The predicted octanol–water partition coefficient (Wildman–Crippen LogP) is 2.66. The summed E-state index contributed by atoms with van der Waals surface area (Å²) in [6, 6.07) is 7.98. The van der Waals surface area contributed by atoms with E-state index in [1.54, 1.807) is 0 Å². The highest BCUT2D eigenvalue weighted by Crippen LogP contribution is 2.23. The van der Waals surface area contributed by atoms with Crippen molar-refractivity contribution in [2.45, 2.75) is 52.3 Å². The number of fused-ring (bicyclic) bond motifs is 1. The molecule has 5 nitrogen and oxygen atoms in total. The lowest BCUT2D eigenvalue weighted by Crippen LogP contribution is -2.26. The van der Waals surface area contributed by atoms with Gasteiger partial charge in [0, 0.05) is 23.1 Å². The van der Waals surface area contributed by atoms with Crippen LogP contribution in [0.15, 0.2) is 30.5 Å². The molecule has 1 amide bonds. The normalized spacial score (nSPS) is 12.9. The standard InChI is InChI=1S/C18H24N2O3/c1-13(19-12-21)9-14-10-20(11-17(22)23-18(2,3)4)16-8-6-5-7-15(14)16/h5-8,10,12-13H,9,11H2,1-4H3,(H,19,21)/t13-/m1/s1. The van der Waals surface area contributed by atoms with Crippen molar-refractivity contribution in [1.29, 1.82) is 0 Å². The second kappa shape index (κ2) is 6.86. The summed E-state index contributed by atoms with van der Waals surface area (Å²) in [6.07, 6.45) is 3.39. The molecule has 1 heterocycles. The molecule has 0 bridgehead atoms.